The van der Waals surface area contributed by atoms with E-state index in [1.807, 2.05) is 36.4 Å². The van der Waals surface area contributed by atoms with E-state index in [-0.39, 0.29) is 0 Å². The number of benzene rings is 2. The number of carbonyl (C=O) groups excluding carboxylic acids is 2. The molecule has 0 saturated carbocycles. The first-order chi connectivity index (χ1) is 16.1. The summed E-state index contributed by atoms with van der Waals surface area (Å²) in [6, 6.07) is 17.8. The summed E-state index contributed by atoms with van der Waals surface area (Å²) in [7, 11) is 1.70. The third kappa shape index (κ3) is 4.41. The minimum Gasteiger partial charge on any atom is -0.452 e. The summed E-state index contributed by atoms with van der Waals surface area (Å²) in [4.78, 5) is 24.7. The number of aromatic nitrogens is 4. The quantitative estimate of drug-likeness (QED) is 0.462. The molecule has 0 unspecified atom stereocenters. The van der Waals surface area contributed by atoms with Gasteiger partial charge in [0.2, 0.25) is 0 Å². The summed E-state index contributed by atoms with van der Waals surface area (Å²) >= 11 is 0. The molecule has 0 spiro atoms. The third-order valence-corrected chi connectivity index (χ3v) is 5.65. The molecule has 0 atom stereocenters. The molecule has 0 aliphatic heterocycles. The molecule has 8 heteroatoms. The Bertz CT molecular complexity index is 1320. The van der Waals surface area contributed by atoms with Crippen molar-refractivity contribution in [2.45, 2.75) is 19.3 Å². The lowest BCUT2D eigenvalue weighted by molar-refractivity contribution is -0.119. The Hall–Kier alpha value is -4.20. The molecule has 33 heavy (non-hydrogen) atoms. The molecule has 2 aromatic carbocycles. The maximum atomic E-state index is 12.6. The van der Waals surface area contributed by atoms with E-state index in [2.05, 4.69) is 28.6 Å². The van der Waals surface area contributed by atoms with E-state index in [1.165, 1.54) is 34.6 Å². The van der Waals surface area contributed by atoms with Gasteiger partial charge >= 0.3 is 5.97 Å². The highest BCUT2D eigenvalue weighted by Gasteiger charge is 2.18. The number of hydrogen-bond acceptors (Lipinski definition) is 5. The second kappa shape index (κ2) is 8.74. The molecule has 8 nitrogen and oxygen atoms in total. The van der Waals surface area contributed by atoms with Gasteiger partial charge in [0.25, 0.3) is 5.91 Å². The summed E-state index contributed by atoms with van der Waals surface area (Å²) in [5, 5.41) is 11.5. The molecule has 0 bridgehead atoms. The maximum Gasteiger partial charge on any atom is 0.341 e. The highest BCUT2D eigenvalue weighted by atomic mass is 16.5. The fraction of sp³-hybridized carbons (Fsp3) is 0.200. The van der Waals surface area contributed by atoms with Crippen LogP contribution in [0.4, 0.5) is 5.82 Å². The summed E-state index contributed by atoms with van der Waals surface area (Å²) in [6.07, 6.45) is 6.30. The van der Waals surface area contributed by atoms with Crippen LogP contribution in [-0.4, -0.2) is 38.0 Å². The van der Waals surface area contributed by atoms with Crippen LogP contribution in [-0.2, 0) is 29.4 Å². The molecule has 5 rings (SSSR count). The Kier molecular flexibility index (Phi) is 5.48. The third-order valence-electron chi connectivity index (χ3n) is 5.65. The van der Waals surface area contributed by atoms with Crippen molar-refractivity contribution >= 4 is 17.7 Å². The van der Waals surface area contributed by atoms with Crippen molar-refractivity contribution in [1.29, 1.82) is 0 Å². The lowest BCUT2D eigenvalue weighted by Gasteiger charge is -2.09. The van der Waals surface area contributed by atoms with Gasteiger partial charge in [-0.3, -0.25) is 9.48 Å². The van der Waals surface area contributed by atoms with Gasteiger partial charge in [0.15, 0.2) is 6.61 Å². The van der Waals surface area contributed by atoms with Crippen molar-refractivity contribution in [3.05, 3.63) is 83.7 Å². The number of ether oxygens (including phenoxy) is 1. The van der Waals surface area contributed by atoms with Crippen molar-refractivity contribution in [2.24, 2.45) is 7.05 Å². The van der Waals surface area contributed by atoms with E-state index in [0.717, 1.165) is 29.8 Å². The van der Waals surface area contributed by atoms with E-state index in [4.69, 9.17) is 9.84 Å². The molecular formula is C25H23N5O3. The van der Waals surface area contributed by atoms with Gasteiger partial charge in [-0.25, -0.2) is 9.48 Å². The first kappa shape index (κ1) is 20.7. The van der Waals surface area contributed by atoms with Gasteiger partial charge in [0.1, 0.15) is 5.82 Å². The highest BCUT2D eigenvalue weighted by molar-refractivity contribution is 5.95. The summed E-state index contributed by atoms with van der Waals surface area (Å²) < 4.78 is 8.31. The molecule has 1 amide bonds. The number of aryl methyl sites for hydroxylation is 3. The maximum absolute atomic E-state index is 12.6. The smallest absolute Gasteiger partial charge is 0.341 e. The summed E-state index contributed by atoms with van der Waals surface area (Å²) in [6.45, 7) is -0.415. The van der Waals surface area contributed by atoms with Crippen LogP contribution in [0, 0.1) is 0 Å². The Balaban J connectivity index is 1.37. The number of nitrogens with zero attached hydrogens (tertiary/aromatic N) is 4. The Morgan fingerprint density at radius 3 is 2.67 bits per heavy atom. The van der Waals surface area contributed by atoms with E-state index < -0.39 is 18.5 Å². The number of esters is 1. The predicted octanol–water partition coefficient (Wildman–Crippen LogP) is 3.56. The van der Waals surface area contributed by atoms with E-state index in [1.54, 1.807) is 11.7 Å². The molecule has 1 aliphatic rings. The normalized spacial score (nSPS) is 12.4. The minimum absolute atomic E-state index is 0.290. The molecule has 2 aromatic heterocycles. The average molecular weight is 441 g/mol. The van der Waals surface area contributed by atoms with E-state index in [9.17, 15) is 9.59 Å². The minimum atomic E-state index is -0.603. The van der Waals surface area contributed by atoms with Gasteiger partial charge in [-0.1, -0.05) is 30.3 Å². The summed E-state index contributed by atoms with van der Waals surface area (Å²) in [5.74, 6) is -0.558. The topological polar surface area (TPSA) is 91.0 Å². The Morgan fingerprint density at radius 1 is 1.06 bits per heavy atom. The van der Waals surface area contributed by atoms with Gasteiger partial charge in [-0.15, -0.1) is 0 Å². The van der Waals surface area contributed by atoms with Crippen molar-refractivity contribution in [1.82, 2.24) is 19.6 Å². The number of nitrogens with one attached hydrogen (secondary N) is 1. The second-order valence-electron chi connectivity index (χ2n) is 8.03. The van der Waals surface area contributed by atoms with E-state index >= 15 is 0 Å². The van der Waals surface area contributed by atoms with Crippen LogP contribution in [0.15, 0.2) is 67.0 Å². The molecule has 4 aromatic rings. The lowest BCUT2D eigenvalue weighted by Crippen LogP contribution is -2.22. The number of amides is 1. The lowest BCUT2D eigenvalue weighted by atomic mass is 10.0. The number of anilines is 1. The fourth-order valence-corrected chi connectivity index (χ4v) is 4.03. The zero-order valence-corrected chi connectivity index (χ0v) is 18.2. The first-order valence-electron chi connectivity index (χ1n) is 10.8. The Labute approximate surface area is 190 Å². The SMILES string of the molecule is Cn1cc(C(=O)OCC(=O)Nc2cc(-c3ccc4c(c3)CCC4)nn2-c2ccccc2)cn1. The number of fused-ring (bicyclic) bond motifs is 1. The highest BCUT2D eigenvalue weighted by Crippen LogP contribution is 2.30. The molecule has 2 heterocycles. The average Bonchev–Trinajstić information content (AvgIpc) is 3.57. The van der Waals surface area contributed by atoms with Crippen molar-refractivity contribution in [2.75, 3.05) is 11.9 Å². The van der Waals surface area contributed by atoms with Crippen LogP contribution in [0.1, 0.15) is 27.9 Å². The van der Waals surface area contributed by atoms with Crippen LogP contribution in [0.2, 0.25) is 0 Å². The van der Waals surface area contributed by atoms with Crippen molar-refractivity contribution in [3.63, 3.8) is 0 Å². The van der Waals surface area contributed by atoms with E-state index in [0.29, 0.717) is 11.4 Å². The molecule has 1 aliphatic carbocycles. The molecule has 0 saturated heterocycles. The van der Waals surface area contributed by atoms with Crippen LogP contribution in [0.5, 0.6) is 0 Å². The van der Waals surface area contributed by atoms with Gasteiger partial charge in [0, 0.05) is 24.9 Å². The molecule has 166 valence electrons. The van der Waals surface area contributed by atoms with Crippen molar-refractivity contribution < 1.29 is 14.3 Å². The van der Waals surface area contributed by atoms with Crippen molar-refractivity contribution in [3.8, 4) is 16.9 Å². The monoisotopic (exact) mass is 441 g/mol. The molecule has 0 radical (unpaired) electrons. The van der Waals surface area contributed by atoms with Gasteiger partial charge in [0.05, 0.1) is 23.1 Å². The number of hydrogen-bond donors (Lipinski definition) is 1. The second-order valence-corrected chi connectivity index (χ2v) is 8.03. The predicted molar refractivity (Wildman–Crippen MR) is 123 cm³/mol. The largest absolute Gasteiger partial charge is 0.452 e. The fourth-order valence-electron chi connectivity index (χ4n) is 4.03. The molecule has 1 N–H and O–H groups in total. The molecule has 0 fully saturated rings. The standard InChI is InChI=1S/C25H23N5O3/c1-29-15-20(14-26-29)25(32)33-16-24(31)27-23-13-22(28-30(23)21-8-3-2-4-9-21)19-11-10-17-6-5-7-18(17)12-19/h2-4,8-15H,5-7,16H2,1H3,(H,27,31). The number of rotatable bonds is 6. The zero-order chi connectivity index (χ0) is 22.8. The first-order valence-corrected chi connectivity index (χ1v) is 10.8. The zero-order valence-electron chi connectivity index (χ0n) is 18.2. The van der Waals surface area contributed by atoms with Crippen LogP contribution in [0.3, 0.4) is 0 Å². The van der Waals surface area contributed by atoms with Gasteiger partial charge in [-0.2, -0.15) is 10.2 Å². The molecular weight excluding hydrogens is 418 g/mol. The van der Waals surface area contributed by atoms with Gasteiger partial charge in [-0.05, 0) is 48.6 Å². The van der Waals surface area contributed by atoms with Crippen LogP contribution < -0.4 is 5.32 Å². The van der Waals surface area contributed by atoms with Crippen LogP contribution in [0.25, 0.3) is 16.9 Å². The van der Waals surface area contributed by atoms with Gasteiger partial charge < -0.3 is 10.1 Å². The number of carbonyl (C=O) groups is 2. The van der Waals surface area contributed by atoms with Crippen LogP contribution >= 0.6 is 0 Å². The summed E-state index contributed by atoms with van der Waals surface area (Å²) in [5.41, 5.74) is 5.62. The number of para-hydroxylation sites is 1. The Morgan fingerprint density at radius 2 is 1.88 bits per heavy atom.